The second-order valence-corrected chi connectivity index (χ2v) is 5.84. The van der Waals surface area contributed by atoms with Crippen LogP contribution in [0.15, 0.2) is 6.20 Å². The van der Waals surface area contributed by atoms with Crippen molar-refractivity contribution in [2.24, 2.45) is 5.92 Å². The number of carbonyl (C=O) groups excluding carboxylic acids is 1. The Hall–Kier alpha value is -1.63. The molecule has 0 aliphatic heterocycles. The Morgan fingerprint density at radius 1 is 1.43 bits per heavy atom. The average Bonchev–Trinajstić information content (AvgIpc) is 2.78. The van der Waals surface area contributed by atoms with Gasteiger partial charge in [0.2, 0.25) is 0 Å². The number of ether oxygens (including phenoxy) is 1. The van der Waals surface area contributed by atoms with Crippen molar-refractivity contribution in [1.82, 2.24) is 15.1 Å². The topological polar surface area (TPSA) is 68.2 Å². The first-order valence-corrected chi connectivity index (χ1v) is 7.57. The molecule has 1 rings (SSSR count). The second kappa shape index (κ2) is 7.97. The van der Waals surface area contributed by atoms with Crippen molar-refractivity contribution in [2.75, 3.05) is 11.9 Å². The number of hydrogen-bond acceptors (Lipinski definition) is 4. The first-order chi connectivity index (χ1) is 9.83. The van der Waals surface area contributed by atoms with Gasteiger partial charge in [0.25, 0.3) is 0 Å². The summed E-state index contributed by atoms with van der Waals surface area (Å²) in [7, 11) is 0. The van der Waals surface area contributed by atoms with Crippen molar-refractivity contribution >= 4 is 29.0 Å². The van der Waals surface area contributed by atoms with E-state index in [9.17, 15) is 4.79 Å². The van der Waals surface area contributed by atoms with Crippen LogP contribution in [0.25, 0.3) is 0 Å². The molecule has 2 N–H and O–H groups in total. The molecule has 0 fully saturated rings. The highest BCUT2D eigenvalue weighted by Gasteiger charge is 2.20. The third-order valence-electron chi connectivity index (χ3n) is 2.54. The SMILES string of the molecule is CCn1cc(NC(=S)NCC(C)C)c(C(=O)OC(C)C)n1. The largest absolute Gasteiger partial charge is 0.458 e. The molecule has 21 heavy (non-hydrogen) atoms. The van der Waals surface area contributed by atoms with E-state index in [1.165, 1.54) is 0 Å². The summed E-state index contributed by atoms with van der Waals surface area (Å²) < 4.78 is 6.87. The van der Waals surface area contributed by atoms with Crippen LogP contribution in [0, 0.1) is 5.92 Å². The molecule has 0 saturated carbocycles. The molecule has 7 heteroatoms. The Morgan fingerprint density at radius 3 is 2.62 bits per heavy atom. The summed E-state index contributed by atoms with van der Waals surface area (Å²) in [6.45, 7) is 11.2. The number of rotatable bonds is 6. The zero-order valence-corrected chi connectivity index (χ0v) is 14.1. The van der Waals surface area contributed by atoms with E-state index in [1.54, 1.807) is 24.7 Å². The molecule has 0 spiro atoms. The molecule has 118 valence electrons. The van der Waals surface area contributed by atoms with E-state index in [2.05, 4.69) is 29.6 Å². The summed E-state index contributed by atoms with van der Waals surface area (Å²) in [4.78, 5) is 12.1. The van der Waals surface area contributed by atoms with Crippen molar-refractivity contribution < 1.29 is 9.53 Å². The van der Waals surface area contributed by atoms with Gasteiger partial charge in [-0.3, -0.25) is 4.68 Å². The van der Waals surface area contributed by atoms with E-state index in [-0.39, 0.29) is 11.8 Å². The second-order valence-electron chi connectivity index (χ2n) is 5.43. The van der Waals surface area contributed by atoms with Gasteiger partial charge in [-0.15, -0.1) is 0 Å². The third-order valence-corrected chi connectivity index (χ3v) is 2.79. The molecule has 0 bridgehead atoms. The molecule has 6 nitrogen and oxygen atoms in total. The van der Waals surface area contributed by atoms with Crippen LogP contribution in [0.2, 0.25) is 0 Å². The fourth-order valence-corrected chi connectivity index (χ4v) is 1.75. The van der Waals surface area contributed by atoms with E-state index in [1.807, 2.05) is 6.92 Å². The quantitative estimate of drug-likeness (QED) is 0.621. The standard InChI is InChI=1S/C14H24N4O2S/c1-6-18-8-11(16-14(21)15-7-9(2)3)12(17-18)13(19)20-10(4)5/h8-10H,6-7H2,1-5H3,(H2,15,16,21). The molecule has 0 saturated heterocycles. The number of nitrogens with one attached hydrogen (secondary N) is 2. The fourth-order valence-electron chi connectivity index (χ4n) is 1.56. The van der Waals surface area contributed by atoms with E-state index >= 15 is 0 Å². The van der Waals surface area contributed by atoms with E-state index < -0.39 is 5.97 Å². The number of carbonyl (C=O) groups is 1. The minimum absolute atomic E-state index is 0.192. The lowest BCUT2D eigenvalue weighted by atomic mass is 10.2. The first kappa shape index (κ1) is 17.4. The van der Waals surface area contributed by atoms with Crippen LogP contribution < -0.4 is 10.6 Å². The fraction of sp³-hybridized carbons (Fsp3) is 0.643. The highest BCUT2D eigenvalue weighted by atomic mass is 32.1. The molecule has 0 radical (unpaired) electrons. The minimum Gasteiger partial charge on any atom is -0.458 e. The lowest BCUT2D eigenvalue weighted by Gasteiger charge is -2.12. The predicted molar refractivity (Wildman–Crippen MR) is 87.5 cm³/mol. The molecule has 1 aromatic rings. The minimum atomic E-state index is -0.452. The van der Waals surface area contributed by atoms with Gasteiger partial charge in [0, 0.05) is 19.3 Å². The molecular formula is C14H24N4O2S. The van der Waals surface area contributed by atoms with E-state index in [0.29, 0.717) is 23.3 Å². The Bertz CT molecular complexity index is 497. The number of nitrogens with zero attached hydrogens (tertiary/aromatic N) is 2. The molecule has 1 heterocycles. The molecule has 0 atom stereocenters. The zero-order chi connectivity index (χ0) is 16.0. The lowest BCUT2D eigenvalue weighted by molar-refractivity contribution is 0.0371. The summed E-state index contributed by atoms with van der Waals surface area (Å²) in [6, 6.07) is 0. The number of thiocarbonyl (C=S) groups is 1. The van der Waals surface area contributed by atoms with Crippen molar-refractivity contribution in [2.45, 2.75) is 47.3 Å². The summed E-state index contributed by atoms with van der Waals surface area (Å²) in [5.74, 6) is 0.0276. The van der Waals surface area contributed by atoms with Crippen molar-refractivity contribution in [1.29, 1.82) is 0 Å². The maximum atomic E-state index is 12.1. The highest BCUT2D eigenvalue weighted by Crippen LogP contribution is 2.16. The van der Waals surface area contributed by atoms with Crippen molar-refractivity contribution in [3.05, 3.63) is 11.9 Å². The van der Waals surface area contributed by atoms with Crippen molar-refractivity contribution in [3.8, 4) is 0 Å². The first-order valence-electron chi connectivity index (χ1n) is 7.16. The van der Waals surface area contributed by atoms with Crippen molar-refractivity contribution in [3.63, 3.8) is 0 Å². The summed E-state index contributed by atoms with van der Waals surface area (Å²) in [5.41, 5.74) is 0.808. The number of aryl methyl sites for hydroxylation is 1. The Labute approximate surface area is 131 Å². The third kappa shape index (κ3) is 5.71. The molecule has 0 aliphatic rings. The van der Waals surface area contributed by atoms with Gasteiger partial charge >= 0.3 is 5.97 Å². The van der Waals surface area contributed by atoms with Crippen LogP contribution in [0.1, 0.15) is 45.1 Å². The van der Waals surface area contributed by atoms with Crippen LogP contribution in [-0.4, -0.2) is 33.5 Å². The monoisotopic (exact) mass is 312 g/mol. The number of anilines is 1. The van der Waals surface area contributed by atoms with Crippen LogP contribution >= 0.6 is 12.2 Å². The summed E-state index contributed by atoms with van der Waals surface area (Å²) in [6.07, 6.45) is 1.56. The normalized spacial score (nSPS) is 10.8. The molecule has 0 aromatic carbocycles. The van der Waals surface area contributed by atoms with E-state index in [4.69, 9.17) is 17.0 Å². The van der Waals surface area contributed by atoms with Gasteiger partial charge in [-0.05, 0) is 38.9 Å². The van der Waals surface area contributed by atoms with Crippen LogP contribution in [0.4, 0.5) is 5.69 Å². The van der Waals surface area contributed by atoms with Gasteiger partial charge in [-0.25, -0.2) is 4.79 Å². The smallest absolute Gasteiger partial charge is 0.361 e. The molecule has 0 aliphatic carbocycles. The Morgan fingerprint density at radius 2 is 2.10 bits per heavy atom. The van der Waals surface area contributed by atoms with Gasteiger partial charge in [0.1, 0.15) is 0 Å². The molecular weight excluding hydrogens is 288 g/mol. The molecule has 1 aromatic heterocycles. The summed E-state index contributed by atoms with van der Waals surface area (Å²) in [5, 5.41) is 10.8. The Kier molecular flexibility index (Phi) is 6.61. The Balaban J connectivity index is 2.82. The van der Waals surface area contributed by atoms with Gasteiger partial charge in [-0.1, -0.05) is 13.8 Å². The maximum absolute atomic E-state index is 12.1. The van der Waals surface area contributed by atoms with Crippen LogP contribution in [-0.2, 0) is 11.3 Å². The molecule has 0 amide bonds. The average molecular weight is 312 g/mol. The van der Waals surface area contributed by atoms with Gasteiger partial charge < -0.3 is 15.4 Å². The van der Waals surface area contributed by atoms with Gasteiger partial charge in [0.15, 0.2) is 10.8 Å². The number of hydrogen-bond donors (Lipinski definition) is 2. The lowest BCUT2D eigenvalue weighted by Crippen LogP contribution is -2.31. The van der Waals surface area contributed by atoms with E-state index in [0.717, 1.165) is 6.54 Å². The number of aromatic nitrogens is 2. The van der Waals surface area contributed by atoms with Gasteiger partial charge in [0.05, 0.1) is 11.8 Å². The highest BCUT2D eigenvalue weighted by molar-refractivity contribution is 7.80. The van der Waals surface area contributed by atoms with Crippen LogP contribution in [0.5, 0.6) is 0 Å². The summed E-state index contributed by atoms with van der Waals surface area (Å²) >= 11 is 5.22. The maximum Gasteiger partial charge on any atom is 0.361 e. The molecule has 0 unspecified atom stereocenters. The predicted octanol–water partition coefficient (Wildman–Crippen LogP) is 2.41. The zero-order valence-electron chi connectivity index (χ0n) is 13.3. The number of esters is 1. The van der Waals surface area contributed by atoms with Gasteiger partial charge in [-0.2, -0.15) is 5.10 Å². The van der Waals surface area contributed by atoms with Crippen LogP contribution in [0.3, 0.4) is 0 Å².